The third kappa shape index (κ3) is 8.77. The second kappa shape index (κ2) is 7.51. The highest BCUT2D eigenvalue weighted by Crippen LogP contribution is 1.86. The topological polar surface area (TPSA) is 93.1 Å². The maximum atomic E-state index is 10.6. The van der Waals surface area contributed by atoms with E-state index in [-0.39, 0.29) is 26.4 Å². The summed E-state index contributed by atoms with van der Waals surface area (Å²) in [7, 11) is 0. The number of aliphatic carboxylic acids is 1. The number of aliphatic hydroxyl groups excluding tert-OH is 1. The predicted molar refractivity (Wildman–Crippen MR) is 41.1 cm³/mol. The number of aliphatic hydroxyl groups is 1. The molecule has 0 aromatic carbocycles. The Labute approximate surface area is 75.1 Å². The quantitative estimate of drug-likeness (QED) is 0.306. The Bertz CT molecular complexity index is 166. The van der Waals surface area contributed by atoms with E-state index in [2.05, 4.69) is 4.74 Å². The Morgan fingerprint density at radius 3 is 2.38 bits per heavy atom. The molecule has 6 heteroatoms. The summed E-state index contributed by atoms with van der Waals surface area (Å²) in [6, 6.07) is 0. The number of carbonyl (C=O) groups excluding carboxylic acids is 1. The summed E-state index contributed by atoms with van der Waals surface area (Å²) in [6.45, 7) is 0.248. The number of hydrogen-bond donors (Lipinski definition) is 2. The van der Waals surface area contributed by atoms with Crippen LogP contribution in [0.4, 0.5) is 0 Å². The summed E-state index contributed by atoms with van der Waals surface area (Å²) in [5.41, 5.74) is 0. The van der Waals surface area contributed by atoms with Gasteiger partial charge >= 0.3 is 11.9 Å². The number of carboxylic acids is 1. The van der Waals surface area contributed by atoms with E-state index in [4.69, 9.17) is 14.9 Å². The smallest absolute Gasteiger partial charge is 0.317 e. The summed E-state index contributed by atoms with van der Waals surface area (Å²) < 4.78 is 9.24. The zero-order chi connectivity index (χ0) is 10.1. The van der Waals surface area contributed by atoms with Crippen LogP contribution in [0.3, 0.4) is 0 Å². The van der Waals surface area contributed by atoms with Gasteiger partial charge in [0, 0.05) is 0 Å². The Balaban J connectivity index is 3.22. The van der Waals surface area contributed by atoms with Crippen LogP contribution < -0.4 is 0 Å². The molecule has 0 unspecified atom stereocenters. The van der Waals surface area contributed by atoms with Crippen LogP contribution in [0.1, 0.15) is 6.42 Å². The minimum atomic E-state index is -1.22. The van der Waals surface area contributed by atoms with Crippen molar-refractivity contribution in [1.82, 2.24) is 0 Å². The van der Waals surface area contributed by atoms with E-state index < -0.39 is 18.4 Å². The van der Waals surface area contributed by atoms with Gasteiger partial charge in [0.05, 0.1) is 19.8 Å². The molecule has 2 N–H and O–H groups in total. The van der Waals surface area contributed by atoms with Crippen molar-refractivity contribution < 1.29 is 29.3 Å². The maximum Gasteiger partial charge on any atom is 0.317 e. The predicted octanol–water partition coefficient (Wildman–Crippen LogP) is -0.987. The summed E-state index contributed by atoms with van der Waals surface area (Å²) in [4.78, 5) is 20.6. The fourth-order valence-electron chi connectivity index (χ4n) is 0.556. The fourth-order valence-corrected chi connectivity index (χ4v) is 0.556. The third-order valence-electron chi connectivity index (χ3n) is 1.02. The Morgan fingerprint density at radius 1 is 1.15 bits per heavy atom. The molecule has 0 aliphatic heterocycles. The van der Waals surface area contributed by atoms with E-state index in [9.17, 15) is 9.59 Å². The standard InChI is InChI=1S/C7H12O6/c8-1-2-12-3-4-13-7(11)5-6(9)10/h8H,1-5H2,(H,9,10). The lowest BCUT2D eigenvalue weighted by molar-refractivity contribution is -0.152. The molecule has 0 spiro atoms. The molecule has 0 atom stereocenters. The number of hydrogen-bond acceptors (Lipinski definition) is 5. The zero-order valence-electron chi connectivity index (χ0n) is 7.06. The molecule has 0 radical (unpaired) electrons. The molecular weight excluding hydrogens is 180 g/mol. The summed E-state index contributed by atoms with van der Waals surface area (Å²) in [6.07, 6.45) is -0.639. The zero-order valence-corrected chi connectivity index (χ0v) is 7.06. The Morgan fingerprint density at radius 2 is 1.85 bits per heavy atom. The normalized spacial score (nSPS) is 9.62. The van der Waals surface area contributed by atoms with Gasteiger partial charge in [-0.2, -0.15) is 0 Å². The molecule has 0 saturated carbocycles. The number of carbonyl (C=O) groups is 2. The first-order valence-corrected chi connectivity index (χ1v) is 3.73. The molecule has 13 heavy (non-hydrogen) atoms. The molecule has 0 heterocycles. The van der Waals surface area contributed by atoms with Gasteiger partial charge in [0.1, 0.15) is 13.0 Å². The molecule has 0 aliphatic rings. The molecular formula is C7H12O6. The average Bonchev–Trinajstić information content (AvgIpc) is 2.02. The first-order valence-electron chi connectivity index (χ1n) is 3.73. The fraction of sp³-hybridized carbons (Fsp3) is 0.714. The van der Waals surface area contributed by atoms with Gasteiger partial charge in [-0.3, -0.25) is 9.59 Å². The van der Waals surface area contributed by atoms with E-state index in [1.807, 2.05) is 0 Å². The lowest BCUT2D eigenvalue weighted by Gasteiger charge is -2.03. The van der Waals surface area contributed by atoms with Crippen LogP contribution in [0, 0.1) is 0 Å². The van der Waals surface area contributed by atoms with Gasteiger partial charge in [0.2, 0.25) is 0 Å². The molecule has 0 aromatic heterocycles. The number of rotatable bonds is 7. The lowest BCUT2D eigenvalue weighted by atomic mass is 10.4. The number of esters is 1. The van der Waals surface area contributed by atoms with Gasteiger partial charge in [-0.1, -0.05) is 0 Å². The van der Waals surface area contributed by atoms with Crippen molar-refractivity contribution in [3.8, 4) is 0 Å². The minimum absolute atomic E-state index is 0.00606. The van der Waals surface area contributed by atoms with Gasteiger partial charge in [-0.25, -0.2) is 0 Å². The molecule has 0 aromatic rings. The molecule has 0 fully saturated rings. The van der Waals surface area contributed by atoms with Crippen LogP contribution in [-0.2, 0) is 19.1 Å². The SMILES string of the molecule is O=C(O)CC(=O)OCCOCCO. The van der Waals surface area contributed by atoms with E-state index >= 15 is 0 Å². The second-order valence-electron chi connectivity index (χ2n) is 2.13. The Kier molecular flexibility index (Phi) is 6.85. The van der Waals surface area contributed by atoms with E-state index in [0.29, 0.717) is 0 Å². The molecule has 0 saturated heterocycles. The average molecular weight is 192 g/mol. The van der Waals surface area contributed by atoms with Gasteiger partial charge in [-0.15, -0.1) is 0 Å². The van der Waals surface area contributed by atoms with Crippen molar-refractivity contribution in [3.05, 3.63) is 0 Å². The maximum absolute atomic E-state index is 10.6. The van der Waals surface area contributed by atoms with Crippen molar-refractivity contribution in [2.45, 2.75) is 6.42 Å². The largest absolute Gasteiger partial charge is 0.481 e. The number of ether oxygens (including phenoxy) is 2. The van der Waals surface area contributed by atoms with Gasteiger partial charge in [0.25, 0.3) is 0 Å². The van der Waals surface area contributed by atoms with Crippen LogP contribution in [0.2, 0.25) is 0 Å². The van der Waals surface area contributed by atoms with Crippen LogP contribution in [0.15, 0.2) is 0 Å². The summed E-state index contributed by atoms with van der Waals surface area (Å²) >= 11 is 0. The van der Waals surface area contributed by atoms with E-state index in [1.54, 1.807) is 0 Å². The highest BCUT2D eigenvalue weighted by molar-refractivity contribution is 5.90. The lowest BCUT2D eigenvalue weighted by Crippen LogP contribution is -2.14. The first kappa shape index (κ1) is 11.9. The van der Waals surface area contributed by atoms with Gasteiger partial charge in [-0.05, 0) is 0 Å². The first-order chi connectivity index (χ1) is 6.16. The molecule has 0 bridgehead atoms. The molecule has 0 amide bonds. The van der Waals surface area contributed by atoms with Crippen molar-refractivity contribution in [2.24, 2.45) is 0 Å². The van der Waals surface area contributed by atoms with Gasteiger partial charge in [0.15, 0.2) is 0 Å². The van der Waals surface area contributed by atoms with Crippen LogP contribution in [0.25, 0.3) is 0 Å². The monoisotopic (exact) mass is 192 g/mol. The molecule has 0 aliphatic carbocycles. The van der Waals surface area contributed by atoms with Crippen molar-refractivity contribution in [3.63, 3.8) is 0 Å². The minimum Gasteiger partial charge on any atom is -0.481 e. The third-order valence-corrected chi connectivity index (χ3v) is 1.02. The highest BCUT2D eigenvalue weighted by atomic mass is 16.6. The van der Waals surface area contributed by atoms with Crippen molar-refractivity contribution in [1.29, 1.82) is 0 Å². The van der Waals surface area contributed by atoms with E-state index in [0.717, 1.165) is 0 Å². The molecule has 76 valence electrons. The number of carboxylic acid groups (broad SMARTS) is 1. The molecule has 0 rings (SSSR count). The summed E-state index contributed by atoms with van der Waals surface area (Å²) in [5.74, 6) is -2.01. The van der Waals surface area contributed by atoms with Crippen LogP contribution >= 0.6 is 0 Å². The van der Waals surface area contributed by atoms with Crippen LogP contribution in [-0.4, -0.2) is 48.6 Å². The Hall–Kier alpha value is -1.14. The summed E-state index contributed by atoms with van der Waals surface area (Å²) in [5, 5.41) is 16.4. The van der Waals surface area contributed by atoms with Crippen molar-refractivity contribution in [2.75, 3.05) is 26.4 Å². The highest BCUT2D eigenvalue weighted by Gasteiger charge is 2.07. The van der Waals surface area contributed by atoms with E-state index in [1.165, 1.54) is 0 Å². The van der Waals surface area contributed by atoms with Crippen molar-refractivity contribution >= 4 is 11.9 Å². The molecule has 6 nitrogen and oxygen atoms in total. The van der Waals surface area contributed by atoms with Crippen LogP contribution in [0.5, 0.6) is 0 Å². The van der Waals surface area contributed by atoms with Gasteiger partial charge < -0.3 is 19.7 Å². The second-order valence-corrected chi connectivity index (χ2v) is 2.13.